The second-order valence-electron chi connectivity index (χ2n) is 4.67. The standard InChI is InChI=1S/C16H15NO5/c1-11-3-5-12(6-4-11)14(18)10-22-15-8-7-13(17(19)20)9-16(15)21-2/h3-9H,10H2,1-2H3. The van der Waals surface area contributed by atoms with E-state index in [2.05, 4.69) is 0 Å². The van der Waals surface area contributed by atoms with E-state index in [0.29, 0.717) is 5.56 Å². The molecule has 0 saturated heterocycles. The number of rotatable bonds is 6. The van der Waals surface area contributed by atoms with Crippen molar-refractivity contribution in [3.05, 3.63) is 63.7 Å². The molecule has 0 spiro atoms. The van der Waals surface area contributed by atoms with Crippen LogP contribution in [-0.2, 0) is 0 Å². The quantitative estimate of drug-likeness (QED) is 0.465. The molecule has 0 radical (unpaired) electrons. The van der Waals surface area contributed by atoms with Crippen LogP contribution in [0.5, 0.6) is 11.5 Å². The Hall–Kier alpha value is -2.89. The second kappa shape index (κ2) is 6.71. The van der Waals surface area contributed by atoms with Gasteiger partial charge in [-0.15, -0.1) is 0 Å². The highest BCUT2D eigenvalue weighted by Gasteiger charge is 2.14. The van der Waals surface area contributed by atoms with Gasteiger partial charge in [-0.25, -0.2) is 0 Å². The summed E-state index contributed by atoms with van der Waals surface area (Å²) in [6.07, 6.45) is 0. The molecule has 0 atom stereocenters. The van der Waals surface area contributed by atoms with Gasteiger partial charge < -0.3 is 9.47 Å². The normalized spacial score (nSPS) is 10.1. The molecule has 0 aromatic heterocycles. The number of ether oxygens (including phenoxy) is 2. The van der Waals surface area contributed by atoms with E-state index in [1.165, 1.54) is 25.3 Å². The minimum absolute atomic E-state index is 0.103. The van der Waals surface area contributed by atoms with Gasteiger partial charge >= 0.3 is 0 Å². The number of benzene rings is 2. The summed E-state index contributed by atoms with van der Waals surface area (Å²) in [7, 11) is 1.38. The Morgan fingerprint density at radius 3 is 2.41 bits per heavy atom. The van der Waals surface area contributed by atoms with Crippen LogP contribution in [0.1, 0.15) is 15.9 Å². The fraction of sp³-hybridized carbons (Fsp3) is 0.188. The molecular formula is C16H15NO5. The molecule has 2 aromatic rings. The Kier molecular flexibility index (Phi) is 4.73. The first-order chi connectivity index (χ1) is 10.5. The van der Waals surface area contributed by atoms with Gasteiger partial charge in [0.1, 0.15) is 0 Å². The molecule has 0 N–H and O–H groups in total. The van der Waals surface area contributed by atoms with Gasteiger partial charge in [-0.1, -0.05) is 29.8 Å². The van der Waals surface area contributed by atoms with Crippen molar-refractivity contribution < 1.29 is 19.2 Å². The number of nitrogens with zero attached hydrogens (tertiary/aromatic N) is 1. The molecule has 6 nitrogen and oxygen atoms in total. The fourth-order valence-corrected chi connectivity index (χ4v) is 1.86. The summed E-state index contributed by atoms with van der Waals surface area (Å²) in [5.41, 5.74) is 1.51. The predicted octanol–water partition coefficient (Wildman–Crippen LogP) is 3.17. The Bertz CT molecular complexity index is 694. The lowest BCUT2D eigenvalue weighted by Gasteiger charge is -2.10. The number of nitro benzene ring substituents is 1. The summed E-state index contributed by atoms with van der Waals surface area (Å²) in [5, 5.41) is 10.7. The van der Waals surface area contributed by atoms with E-state index in [9.17, 15) is 14.9 Å². The molecule has 2 aromatic carbocycles. The first kappa shape index (κ1) is 15.5. The molecule has 114 valence electrons. The van der Waals surface area contributed by atoms with Crippen LogP contribution >= 0.6 is 0 Å². The maximum absolute atomic E-state index is 12.0. The highest BCUT2D eigenvalue weighted by molar-refractivity contribution is 5.97. The van der Waals surface area contributed by atoms with Gasteiger partial charge in [0, 0.05) is 11.6 Å². The third kappa shape index (κ3) is 3.60. The Labute approximate surface area is 127 Å². The van der Waals surface area contributed by atoms with Crippen LogP contribution in [-0.4, -0.2) is 24.4 Å². The Morgan fingerprint density at radius 2 is 1.82 bits per heavy atom. The largest absolute Gasteiger partial charge is 0.493 e. The van der Waals surface area contributed by atoms with Gasteiger partial charge in [0.15, 0.2) is 23.9 Å². The van der Waals surface area contributed by atoms with Gasteiger partial charge in [0.05, 0.1) is 18.1 Å². The van der Waals surface area contributed by atoms with E-state index in [1.807, 2.05) is 19.1 Å². The summed E-state index contributed by atoms with van der Waals surface area (Å²) in [5.74, 6) is 0.319. The molecule has 22 heavy (non-hydrogen) atoms. The van der Waals surface area contributed by atoms with E-state index in [-0.39, 0.29) is 29.6 Å². The zero-order chi connectivity index (χ0) is 16.1. The lowest BCUT2D eigenvalue weighted by molar-refractivity contribution is -0.384. The van der Waals surface area contributed by atoms with Crippen molar-refractivity contribution in [3.8, 4) is 11.5 Å². The molecule has 2 rings (SSSR count). The summed E-state index contributed by atoms with van der Waals surface area (Å²) in [4.78, 5) is 22.2. The summed E-state index contributed by atoms with van der Waals surface area (Å²) < 4.78 is 10.5. The Morgan fingerprint density at radius 1 is 1.14 bits per heavy atom. The minimum Gasteiger partial charge on any atom is -0.493 e. The number of ketones is 1. The molecule has 0 bridgehead atoms. The molecule has 0 saturated carbocycles. The van der Waals surface area contributed by atoms with Crippen molar-refractivity contribution >= 4 is 11.5 Å². The van der Waals surface area contributed by atoms with Crippen molar-refractivity contribution in [2.24, 2.45) is 0 Å². The number of nitro groups is 1. The maximum Gasteiger partial charge on any atom is 0.273 e. The molecule has 0 amide bonds. The van der Waals surface area contributed by atoms with Crippen molar-refractivity contribution in [3.63, 3.8) is 0 Å². The lowest BCUT2D eigenvalue weighted by atomic mass is 10.1. The average Bonchev–Trinajstić information content (AvgIpc) is 2.52. The number of methoxy groups -OCH3 is 1. The number of aryl methyl sites for hydroxylation is 1. The van der Waals surface area contributed by atoms with E-state index < -0.39 is 4.92 Å². The second-order valence-corrected chi connectivity index (χ2v) is 4.67. The fourth-order valence-electron chi connectivity index (χ4n) is 1.86. The van der Waals surface area contributed by atoms with Crippen molar-refractivity contribution in [1.29, 1.82) is 0 Å². The smallest absolute Gasteiger partial charge is 0.273 e. The van der Waals surface area contributed by atoms with Gasteiger partial charge in [0.25, 0.3) is 5.69 Å². The molecule has 6 heteroatoms. The lowest BCUT2D eigenvalue weighted by Crippen LogP contribution is -2.12. The zero-order valence-electron chi connectivity index (χ0n) is 12.2. The number of carbonyl (C=O) groups excluding carboxylic acids is 1. The van der Waals surface area contributed by atoms with Gasteiger partial charge in [0.2, 0.25) is 0 Å². The first-order valence-corrected chi connectivity index (χ1v) is 6.56. The molecule has 0 aliphatic rings. The van der Waals surface area contributed by atoms with Crippen molar-refractivity contribution in [2.45, 2.75) is 6.92 Å². The van der Waals surface area contributed by atoms with E-state index >= 15 is 0 Å². The highest BCUT2D eigenvalue weighted by atomic mass is 16.6. The third-order valence-electron chi connectivity index (χ3n) is 3.09. The maximum atomic E-state index is 12.0. The molecule has 0 aliphatic heterocycles. The molecule has 0 aliphatic carbocycles. The molecule has 0 fully saturated rings. The molecule has 0 heterocycles. The zero-order valence-corrected chi connectivity index (χ0v) is 12.2. The summed E-state index contributed by atoms with van der Waals surface area (Å²) in [6.45, 7) is 1.77. The molecular weight excluding hydrogens is 286 g/mol. The topological polar surface area (TPSA) is 78.7 Å². The highest BCUT2D eigenvalue weighted by Crippen LogP contribution is 2.31. The summed E-state index contributed by atoms with van der Waals surface area (Å²) >= 11 is 0. The van der Waals surface area contributed by atoms with Crippen LogP contribution in [0.25, 0.3) is 0 Å². The van der Waals surface area contributed by atoms with E-state index in [1.54, 1.807) is 12.1 Å². The number of hydrogen-bond acceptors (Lipinski definition) is 5. The van der Waals surface area contributed by atoms with Crippen LogP contribution < -0.4 is 9.47 Å². The van der Waals surface area contributed by atoms with Crippen LogP contribution in [0.4, 0.5) is 5.69 Å². The monoisotopic (exact) mass is 301 g/mol. The molecule has 0 unspecified atom stereocenters. The number of non-ortho nitro benzene ring substituents is 1. The number of Topliss-reactive ketones (excluding diaryl/α,β-unsaturated/α-hetero) is 1. The van der Waals surface area contributed by atoms with Gasteiger partial charge in [-0.3, -0.25) is 14.9 Å². The third-order valence-corrected chi connectivity index (χ3v) is 3.09. The van der Waals surface area contributed by atoms with Gasteiger partial charge in [-0.2, -0.15) is 0 Å². The summed E-state index contributed by atoms with van der Waals surface area (Å²) in [6, 6.07) is 11.1. The van der Waals surface area contributed by atoms with Crippen molar-refractivity contribution in [2.75, 3.05) is 13.7 Å². The van der Waals surface area contributed by atoms with Gasteiger partial charge in [-0.05, 0) is 13.0 Å². The average molecular weight is 301 g/mol. The minimum atomic E-state index is -0.524. The number of hydrogen-bond donors (Lipinski definition) is 0. The van der Waals surface area contributed by atoms with E-state index in [0.717, 1.165) is 5.56 Å². The first-order valence-electron chi connectivity index (χ1n) is 6.56. The van der Waals surface area contributed by atoms with Crippen LogP contribution in [0.3, 0.4) is 0 Å². The van der Waals surface area contributed by atoms with Crippen molar-refractivity contribution in [1.82, 2.24) is 0 Å². The number of carbonyl (C=O) groups is 1. The van der Waals surface area contributed by atoms with Crippen LogP contribution in [0.2, 0.25) is 0 Å². The predicted molar refractivity (Wildman–Crippen MR) is 80.7 cm³/mol. The van der Waals surface area contributed by atoms with E-state index in [4.69, 9.17) is 9.47 Å². The van der Waals surface area contributed by atoms with Crippen LogP contribution in [0, 0.1) is 17.0 Å². The SMILES string of the molecule is COc1cc([N+](=O)[O-])ccc1OCC(=O)c1ccc(C)cc1. The Balaban J connectivity index is 2.09. The van der Waals surface area contributed by atoms with Crippen LogP contribution in [0.15, 0.2) is 42.5 Å².